The van der Waals surface area contributed by atoms with E-state index in [0.29, 0.717) is 0 Å². The van der Waals surface area contributed by atoms with Gasteiger partial charge in [0.25, 0.3) is 0 Å². The Morgan fingerprint density at radius 2 is 1.56 bits per heavy atom. The Morgan fingerprint density at radius 1 is 1.19 bits per heavy atom. The molecule has 0 radical (unpaired) electrons. The zero-order chi connectivity index (χ0) is 12.4. The van der Waals surface area contributed by atoms with Crippen LogP contribution in [-0.4, -0.2) is 4.57 Å². The van der Waals surface area contributed by atoms with Crippen molar-refractivity contribution in [1.82, 2.24) is 4.57 Å². The van der Waals surface area contributed by atoms with E-state index in [1.165, 1.54) is 0 Å². The van der Waals surface area contributed by atoms with Crippen LogP contribution in [0.2, 0.25) is 0 Å². The summed E-state index contributed by atoms with van der Waals surface area (Å²) in [6.07, 6.45) is 6.14. The molecule has 0 aromatic carbocycles. The third-order valence-electron chi connectivity index (χ3n) is 1.19. The molecule has 0 saturated carbocycles. The van der Waals surface area contributed by atoms with Crippen molar-refractivity contribution in [3.8, 4) is 0 Å². The molecular weight excluding hydrogens is 284 g/mol. The van der Waals surface area contributed by atoms with Gasteiger partial charge in [-0.25, -0.2) is 9.13 Å². The molecule has 2 nitrogen and oxygen atoms in total. The maximum Gasteiger partial charge on any atom is 1.00 e. The van der Waals surface area contributed by atoms with Gasteiger partial charge in [-0.2, -0.15) is 0 Å². The molecule has 0 aliphatic rings. The minimum absolute atomic E-state index is 0. The van der Waals surface area contributed by atoms with Crippen molar-refractivity contribution in [2.75, 3.05) is 0 Å². The molecule has 0 fully saturated rings. The van der Waals surface area contributed by atoms with E-state index in [-0.39, 0.29) is 52.8 Å². The Balaban J connectivity index is -0.000000208. The van der Waals surface area contributed by atoms with Gasteiger partial charge in [0.15, 0.2) is 0 Å². The standard InChI is InChI=1S/C6H11N2.F6P.K.H/c1-3-8-5-4-7(2)6-8;1-7(2,3,4,5)6;;/h4-6H,3H2,1-2H3;;;/q+1;-1;+1;-1. The Labute approximate surface area is 133 Å². The average Bonchev–Trinajstić information content (AvgIpc) is 2.28. The number of aryl methyl sites for hydroxylation is 2. The van der Waals surface area contributed by atoms with E-state index in [0.717, 1.165) is 6.54 Å². The topological polar surface area (TPSA) is 8.81 Å². The van der Waals surface area contributed by atoms with Gasteiger partial charge < -0.3 is 1.43 Å². The first-order valence-corrected chi connectivity index (χ1v) is 5.88. The van der Waals surface area contributed by atoms with Crippen molar-refractivity contribution < 1.29 is 82.6 Å². The fraction of sp³-hybridized carbons (Fsp3) is 0.500. The average molecular weight is 296 g/mol. The molecule has 0 aliphatic carbocycles. The van der Waals surface area contributed by atoms with Crippen LogP contribution in [0, 0.1) is 0 Å². The third kappa shape index (κ3) is 20.3. The van der Waals surface area contributed by atoms with Crippen LogP contribution in [0.5, 0.6) is 0 Å². The molecule has 0 unspecified atom stereocenters. The van der Waals surface area contributed by atoms with E-state index >= 15 is 0 Å². The molecule has 0 spiro atoms. The van der Waals surface area contributed by atoms with Crippen molar-refractivity contribution in [3.05, 3.63) is 18.7 Å². The van der Waals surface area contributed by atoms with Crippen LogP contribution in [0.3, 0.4) is 0 Å². The number of rotatable bonds is 1. The molecule has 1 rings (SSSR count). The summed E-state index contributed by atoms with van der Waals surface area (Å²) >= 11 is 0. The smallest absolute Gasteiger partial charge is 1.00 e. The largest absolute Gasteiger partial charge is 1.00 e. The number of nitrogens with zero attached hydrogens (tertiary/aromatic N) is 2. The Hall–Kier alpha value is 0.856. The zero-order valence-electron chi connectivity index (χ0n) is 10.0. The van der Waals surface area contributed by atoms with Crippen LogP contribution in [0.4, 0.5) is 25.2 Å². The second-order valence-electron chi connectivity index (χ2n) is 2.87. The molecule has 0 saturated heterocycles. The summed E-state index contributed by atoms with van der Waals surface area (Å²) in [5.41, 5.74) is 0. The molecule has 0 amide bonds. The normalized spacial score (nSPS) is 15.0. The summed E-state index contributed by atoms with van der Waals surface area (Å²) in [5, 5.41) is 0. The van der Waals surface area contributed by atoms with E-state index in [2.05, 4.69) is 24.0 Å². The minimum Gasteiger partial charge on any atom is -1.00 e. The van der Waals surface area contributed by atoms with Gasteiger partial charge in [0.1, 0.15) is 12.4 Å². The molecule has 94 valence electrons. The Kier molecular flexibility index (Phi) is 6.28. The molecule has 10 heteroatoms. The molecule has 16 heavy (non-hydrogen) atoms. The van der Waals surface area contributed by atoms with Gasteiger partial charge in [0.2, 0.25) is 6.33 Å². The van der Waals surface area contributed by atoms with Crippen LogP contribution < -0.4 is 56.0 Å². The first-order chi connectivity index (χ1) is 6.28. The number of hydrogen-bond acceptors (Lipinski definition) is 0. The summed E-state index contributed by atoms with van der Waals surface area (Å²) < 4.78 is 63.4. The van der Waals surface area contributed by atoms with E-state index < -0.39 is 7.81 Å². The number of hydrogen-bond donors (Lipinski definition) is 0. The fourth-order valence-corrected chi connectivity index (χ4v) is 0.689. The van der Waals surface area contributed by atoms with E-state index in [1.807, 2.05) is 17.8 Å². The molecule has 0 aliphatic heterocycles. The second-order valence-corrected chi connectivity index (χ2v) is 4.78. The van der Waals surface area contributed by atoms with Crippen molar-refractivity contribution in [2.24, 2.45) is 7.05 Å². The van der Waals surface area contributed by atoms with Crippen molar-refractivity contribution in [3.63, 3.8) is 0 Å². The number of halogens is 6. The summed E-state index contributed by atoms with van der Waals surface area (Å²) in [6.45, 7) is 3.18. The van der Waals surface area contributed by atoms with Gasteiger partial charge in [-0.3, -0.25) is 0 Å². The van der Waals surface area contributed by atoms with E-state index in [4.69, 9.17) is 0 Å². The maximum absolute atomic E-state index is 10.7. The van der Waals surface area contributed by atoms with Crippen LogP contribution >= 0.6 is 7.81 Å². The fourth-order valence-electron chi connectivity index (χ4n) is 0.689. The maximum atomic E-state index is 9.87. The van der Waals surface area contributed by atoms with Crippen molar-refractivity contribution in [2.45, 2.75) is 13.5 Å². The SMILES string of the molecule is CCn1cc[n+](C)c1.F[P-](F)(F)(F)(F)F.[H-].[K+]. The monoisotopic (exact) mass is 296 g/mol. The Bertz CT molecular complexity index is 325. The van der Waals surface area contributed by atoms with Crippen LogP contribution in [0.1, 0.15) is 8.35 Å². The molecule has 1 aromatic rings. The van der Waals surface area contributed by atoms with Gasteiger partial charge in [0.05, 0.1) is 13.6 Å². The van der Waals surface area contributed by atoms with Gasteiger partial charge in [-0.1, -0.05) is 0 Å². The number of aromatic nitrogens is 2. The molecular formula is C6H12F6KN2P. The molecule has 1 aromatic heterocycles. The summed E-state index contributed by atoms with van der Waals surface area (Å²) in [6, 6.07) is 0. The summed E-state index contributed by atoms with van der Waals surface area (Å²) in [5.74, 6) is 0. The third-order valence-corrected chi connectivity index (χ3v) is 1.19. The van der Waals surface area contributed by atoms with Gasteiger partial charge in [0, 0.05) is 0 Å². The predicted octanol–water partition coefficient (Wildman–Crippen LogP) is 0.831. The van der Waals surface area contributed by atoms with Gasteiger partial charge >= 0.3 is 84.4 Å². The molecule has 0 N–H and O–H groups in total. The van der Waals surface area contributed by atoms with E-state index in [1.54, 1.807) is 0 Å². The predicted molar refractivity (Wildman–Crippen MR) is 46.0 cm³/mol. The van der Waals surface area contributed by atoms with Crippen molar-refractivity contribution >= 4 is 7.81 Å². The van der Waals surface area contributed by atoms with Crippen LogP contribution in [0.15, 0.2) is 18.7 Å². The molecule has 0 atom stereocenters. The summed E-state index contributed by atoms with van der Waals surface area (Å²) in [4.78, 5) is 0. The molecule has 0 bridgehead atoms. The van der Waals surface area contributed by atoms with E-state index in [9.17, 15) is 25.2 Å². The first-order valence-electron chi connectivity index (χ1n) is 3.85. The van der Waals surface area contributed by atoms with Crippen molar-refractivity contribution in [1.29, 1.82) is 0 Å². The van der Waals surface area contributed by atoms with Gasteiger partial charge in [-0.15, -0.1) is 0 Å². The molecule has 1 heterocycles. The van der Waals surface area contributed by atoms with Gasteiger partial charge in [-0.05, 0) is 6.92 Å². The first kappa shape index (κ1) is 19.2. The van der Waals surface area contributed by atoms with Crippen LogP contribution in [-0.2, 0) is 13.6 Å². The summed E-state index contributed by atoms with van der Waals surface area (Å²) in [7, 11) is -8.64. The Morgan fingerprint density at radius 3 is 1.69 bits per heavy atom. The number of imidazole rings is 1. The minimum atomic E-state index is -10.7. The second kappa shape index (κ2) is 5.23. The zero-order valence-corrected chi connectivity index (χ0v) is 13.1. The van der Waals surface area contributed by atoms with Crippen LogP contribution in [0.25, 0.3) is 0 Å². The quantitative estimate of drug-likeness (QED) is 0.314.